The lowest BCUT2D eigenvalue weighted by Crippen LogP contribution is -2.32. The molecule has 1 aromatic carbocycles. The molecule has 0 unspecified atom stereocenters. The molecule has 6 nitrogen and oxygen atoms in total. The van der Waals surface area contributed by atoms with Crippen molar-refractivity contribution >= 4 is 17.5 Å². The monoisotopic (exact) mass is 355 g/mol. The highest BCUT2D eigenvalue weighted by atomic mass is 16.3. The summed E-state index contributed by atoms with van der Waals surface area (Å²) >= 11 is 0. The number of benzene rings is 1. The quantitative estimate of drug-likeness (QED) is 0.835. The average Bonchev–Trinajstić information content (AvgIpc) is 3.05. The van der Waals surface area contributed by atoms with E-state index < -0.39 is 0 Å². The topological polar surface area (TPSA) is 74.6 Å². The predicted molar refractivity (Wildman–Crippen MR) is 99.9 cm³/mol. The summed E-state index contributed by atoms with van der Waals surface area (Å²) in [7, 11) is 0. The Balaban J connectivity index is 1.51. The number of hydrogen-bond acceptors (Lipinski definition) is 4. The first kappa shape index (κ1) is 18.0. The molecule has 1 fully saturated rings. The molecule has 1 saturated heterocycles. The summed E-state index contributed by atoms with van der Waals surface area (Å²) in [5.74, 6) is 0.645. The van der Waals surface area contributed by atoms with Crippen LogP contribution < -0.4 is 10.6 Å². The number of nitrogens with zero attached hydrogens (tertiary/aromatic N) is 1. The van der Waals surface area contributed by atoms with Crippen molar-refractivity contribution in [1.29, 1.82) is 0 Å². The molecule has 0 bridgehead atoms. The molecule has 0 saturated carbocycles. The number of hydrogen-bond donors (Lipinski definition) is 2. The van der Waals surface area contributed by atoms with Crippen LogP contribution in [0.25, 0.3) is 0 Å². The zero-order valence-electron chi connectivity index (χ0n) is 14.9. The number of anilines is 1. The highest BCUT2D eigenvalue weighted by molar-refractivity contribution is 5.95. The van der Waals surface area contributed by atoms with E-state index in [1.807, 2.05) is 35.2 Å². The maximum atomic E-state index is 12.7. The van der Waals surface area contributed by atoms with Crippen LogP contribution in [-0.4, -0.2) is 36.3 Å². The fourth-order valence-electron chi connectivity index (χ4n) is 3.06. The fraction of sp³-hybridized carbons (Fsp3) is 0.400. The first-order valence-electron chi connectivity index (χ1n) is 9.15. The van der Waals surface area contributed by atoms with Crippen LogP contribution in [-0.2, 0) is 11.3 Å². The van der Waals surface area contributed by atoms with Gasteiger partial charge in [0.1, 0.15) is 5.76 Å². The standard InChI is InChI=1S/C20H25N3O3/c24-19(22-14-18-9-6-12-26-18)15-21-17-8-5-7-16(13-17)20(25)23-10-3-1-2-4-11-23/h5-9,12-13,21H,1-4,10-11,14-15H2,(H,22,24). The second kappa shape index (κ2) is 9.08. The van der Waals surface area contributed by atoms with Crippen molar-refractivity contribution in [2.24, 2.45) is 0 Å². The van der Waals surface area contributed by atoms with Crippen molar-refractivity contribution in [2.75, 3.05) is 25.0 Å². The highest BCUT2D eigenvalue weighted by Gasteiger charge is 2.17. The van der Waals surface area contributed by atoms with Crippen LogP contribution in [0.2, 0.25) is 0 Å². The highest BCUT2D eigenvalue weighted by Crippen LogP contribution is 2.16. The maximum absolute atomic E-state index is 12.7. The van der Waals surface area contributed by atoms with Gasteiger partial charge in [-0.15, -0.1) is 0 Å². The smallest absolute Gasteiger partial charge is 0.253 e. The Bertz CT molecular complexity index is 720. The number of likely N-dealkylation sites (tertiary alicyclic amines) is 1. The number of rotatable bonds is 6. The number of amides is 2. The third kappa shape index (κ3) is 5.12. The van der Waals surface area contributed by atoms with E-state index in [2.05, 4.69) is 10.6 Å². The number of carbonyl (C=O) groups is 2. The predicted octanol–water partition coefficient (Wildman–Crippen LogP) is 3.02. The number of carbonyl (C=O) groups excluding carboxylic acids is 2. The summed E-state index contributed by atoms with van der Waals surface area (Å²) in [6, 6.07) is 10.9. The first-order chi connectivity index (χ1) is 12.7. The van der Waals surface area contributed by atoms with Crippen LogP contribution >= 0.6 is 0 Å². The second-order valence-electron chi connectivity index (χ2n) is 6.50. The van der Waals surface area contributed by atoms with Crippen molar-refractivity contribution in [1.82, 2.24) is 10.2 Å². The molecular weight excluding hydrogens is 330 g/mol. The summed E-state index contributed by atoms with van der Waals surface area (Å²) < 4.78 is 5.18. The van der Waals surface area contributed by atoms with E-state index in [0.717, 1.165) is 31.6 Å². The Morgan fingerprint density at radius 3 is 2.58 bits per heavy atom. The lowest BCUT2D eigenvalue weighted by molar-refractivity contribution is -0.119. The van der Waals surface area contributed by atoms with Crippen LogP contribution in [0, 0.1) is 0 Å². The van der Waals surface area contributed by atoms with Crippen molar-refractivity contribution in [3.63, 3.8) is 0 Å². The van der Waals surface area contributed by atoms with Crippen molar-refractivity contribution in [3.8, 4) is 0 Å². The van der Waals surface area contributed by atoms with Gasteiger partial charge < -0.3 is 20.0 Å². The molecule has 2 N–H and O–H groups in total. The van der Waals surface area contributed by atoms with Crippen LogP contribution in [0.15, 0.2) is 47.1 Å². The van der Waals surface area contributed by atoms with Gasteiger partial charge in [-0.2, -0.15) is 0 Å². The van der Waals surface area contributed by atoms with Gasteiger partial charge in [-0.1, -0.05) is 18.9 Å². The average molecular weight is 355 g/mol. The molecule has 3 rings (SSSR count). The van der Waals surface area contributed by atoms with E-state index in [0.29, 0.717) is 17.9 Å². The van der Waals surface area contributed by atoms with Crippen LogP contribution in [0.5, 0.6) is 0 Å². The van der Waals surface area contributed by atoms with Gasteiger partial charge in [0.15, 0.2) is 0 Å². The van der Waals surface area contributed by atoms with E-state index in [-0.39, 0.29) is 18.4 Å². The van der Waals surface area contributed by atoms with Gasteiger partial charge in [0.05, 0.1) is 19.4 Å². The van der Waals surface area contributed by atoms with Gasteiger partial charge >= 0.3 is 0 Å². The van der Waals surface area contributed by atoms with Crippen molar-refractivity contribution in [3.05, 3.63) is 54.0 Å². The van der Waals surface area contributed by atoms with Gasteiger partial charge in [0.25, 0.3) is 5.91 Å². The molecule has 2 aromatic rings. The normalized spacial score (nSPS) is 14.5. The van der Waals surface area contributed by atoms with E-state index >= 15 is 0 Å². The van der Waals surface area contributed by atoms with E-state index in [4.69, 9.17) is 4.42 Å². The SMILES string of the molecule is O=C(CNc1cccc(C(=O)N2CCCCCC2)c1)NCc1ccco1. The minimum Gasteiger partial charge on any atom is -0.467 e. The largest absolute Gasteiger partial charge is 0.467 e. The van der Waals surface area contributed by atoms with Gasteiger partial charge in [-0.25, -0.2) is 0 Å². The Hall–Kier alpha value is -2.76. The maximum Gasteiger partial charge on any atom is 0.253 e. The van der Waals surface area contributed by atoms with E-state index in [9.17, 15) is 9.59 Å². The Morgan fingerprint density at radius 1 is 1.04 bits per heavy atom. The fourth-order valence-corrected chi connectivity index (χ4v) is 3.06. The van der Waals surface area contributed by atoms with Gasteiger partial charge in [0, 0.05) is 24.3 Å². The minimum absolute atomic E-state index is 0.0674. The van der Waals surface area contributed by atoms with Crippen LogP contribution in [0.1, 0.15) is 41.8 Å². The van der Waals surface area contributed by atoms with Crippen LogP contribution in [0.3, 0.4) is 0 Å². The van der Waals surface area contributed by atoms with Crippen molar-refractivity contribution < 1.29 is 14.0 Å². The Labute approximate surface area is 153 Å². The summed E-state index contributed by atoms with van der Waals surface area (Å²) in [6.45, 7) is 2.15. The van der Waals surface area contributed by atoms with Crippen LogP contribution in [0.4, 0.5) is 5.69 Å². The Kier molecular flexibility index (Phi) is 6.30. The molecule has 2 amide bonds. The third-order valence-corrected chi connectivity index (χ3v) is 4.50. The molecule has 0 aliphatic carbocycles. The third-order valence-electron chi connectivity index (χ3n) is 4.50. The number of nitrogens with one attached hydrogen (secondary N) is 2. The van der Waals surface area contributed by atoms with E-state index in [1.165, 1.54) is 12.8 Å². The summed E-state index contributed by atoms with van der Waals surface area (Å²) in [5.41, 5.74) is 1.42. The molecule has 1 aromatic heterocycles. The second-order valence-corrected chi connectivity index (χ2v) is 6.50. The zero-order chi connectivity index (χ0) is 18.2. The van der Waals surface area contributed by atoms with Crippen molar-refractivity contribution in [2.45, 2.75) is 32.2 Å². The molecular formula is C20H25N3O3. The van der Waals surface area contributed by atoms with Gasteiger partial charge in [0.2, 0.25) is 5.91 Å². The molecule has 0 atom stereocenters. The lowest BCUT2D eigenvalue weighted by atomic mass is 10.1. The molecule has 0 spiro atoms. The number of furan rings is 1. The molecule has 26 heavy (non-hydrogen) atoms. The minimum atomic E-state index is -0.134. The zero-order valence-corrected chi connectivity index (χ0v) is 14.9. The van der Waals surface area contributed by atoms with E-state index in [1.54, 1.807) is 12.3 Å². The molecule has 138 valence electrons. The van der Waals surface area contributed by atoms with Gasteiger partial charge in [-0.3, -0.25) is 9.59 Å². The lowest BCUT2D eigenvalue weighted by Gasteiger charge is -2.20. The summed E-state index contributed by atoms with van der Waals surface area (Å²) in [5, 5.41) is 5.85. The van der Waals surface area contributed by atoms with Gasteiger partial charge in [-0.05, 0) is 43.2 Å². The summed E-state index contributed by atoms with van der Waals surface area (Å²) in [6.07, 6.45) is 6.10. The molecule has 6 heteroatoms. The summed E-state index contributed by atoms with van der Waals surface area (Å²) in [4.78, 5) is 26.5. The Morgan fingerprint density at radius 2 is 1.85 bits per heavy atom. The molecule has 0 radical (unpaired) electrons. The first-order valence-corrected chi connectivity index (χ1v) is 9.15. The molecule has 1 aliphatic rings. The molecule has 2 heterocycles. The molecule has 1 aliphatic heterocycles.